The van der Waals surface area contributed by atoms with E-state index in [4.69, 9.17) is 5.11 Å². The van der Waals surface area contributed by atoms with Crippen LogP contribution in [0.5, 0.6) is 0 Å². The van der Waals surface area contributed by atoms with Gasteiger partial charge in [0.1, 0.15) is 0 Å². The zero-order chi connectivity index (χ0) is 13.2. The van der Waals surface area contributed by atoms with Crippen molar-refractivity contribution in [2.45, 2.75) is 25.7 Å². The van der Waals surface area contributed by atoms with Gasteiger partial charge in [-0.25, -0.2) is 18.2 Å². The summed E-state index contributed by atoms with van der Waals surface area (Å²) in [6.07, 6.45) is 4.42. The fraction of sp³-hybridized carbons (Fsp3) is 0.636. The molecule has 1 saturated heterocycles. The fourth-order valence-electron chi connectivity index (χ4n) is 2.15. The molecule has 18 heavy (non-hydrogen) atoms. The zero-order valence-corrected chi connectivity index (χ0v) is 10.8. The number of carboxylic acid groups (broad SMARTS) is 1. The molecule has 0 aromatic rings. The van der Waals surface area contributed by atoms with Gasteiger partial charge in [-0.05, 0) is 25.9 Å². The molecule has 0 amide bonds. The van der Waals surface area contributed by atoms with E-state index in [1.165, 1.54) is 0 Å². The number of likely N-dealkylation sites (tertiary alicyclic amines) is 1. The molecule has 0 bridgehead atoms. The Kier molecular flexibility index (Phi) is 3.82. The van der Waals surface area contributed by atoms with Gasteiger partial charge in [0.05, 0.1) is 12.0 Å². The highest BCUT2D eigenvalue weighted by atomic mass is 32.2. The van der Waals surface area contributed by atoms with Crippen LogP contribution in [0.4, 0.5) is 0 Å². The molecule has 0 radical (unpaired) electrons. The Bertz CT molecular complexity index is 499. The number of hydrogen-bond donors (Lipinski definition) is 1. The molecule has 1 N–H and O–H groups in total. The van der Waals surface area contributed by atoms with Crippen molar-refractivity contribution in [3.8, 4) is 0 Å². The third-order valence-corrected chi connectivity index (χ3v) is 4.53. The monoisotopic (exact) mass is 272 g/mol. The third kappa shape index (κ3) is 2.97. The Hall–Kier alpha value is -1.21. The lowest BCUT2D eigenvalue weighted by Gasteiger charge is -2.18. The minimum Gasteiger partial charge on any atom is -0.476 e. The Labute approximate surface area is 106 Å². The molecule has 6 nitrogen and oxygen atoms in total. The van der Waals surface area contributed by atoms with Crippen molar-refractivity contribution in [3.63, 3.8) is 0 Å². The number of hydrogen-bond acceptors (Lipinski definition) is 5. The predicted octanol–water partition coefficient (Wildman–Crippen LogP) is 0.615. The van der Waals surface area contributed by atoms with E-state index in [0.717, 1.165) is 44.2 Å². The SMILES string of the molecule is O=C(O)C1=CS(=O)(=O)C(CN2CCCCCC2)=N1. The van der Waals surface area contributed by atoms with E-state index in [9.17, 15) is 13.2 Å². The zero-order valence-electron chi connectivity index (χ0n) is 10.0. The van der Waals surface area contributed by atoms with Gasteiger partial charge in [-0.1, -0.05) is 12.8 Å². The Morgan fingerprint density at radius 2 is 1.89 bits per heavy atom. The van der Waals surface area contributed by atoms with Crippen molar-refractivity contribution in [1.29, 1.82) is 0 Å². The quantitative estimate of drug-likeness (QED) is 0.813. The highest BCUT2D eigenvalue weighted by Crippen LogP contribution is 2.17. The molecular weight excluding hydrogens is 256 g/mol. The molecule has 2 aliphatic heterocycles. The van der Waals surface area contributed by atoms with E-state index in [-0.39, 0.29) is 17.3 Å². The summed E-state index contributed by atoms with van der Waals surface area (Å²) in [5.41, 5.74) is -0.389. The maximum absolute atomic E-state index is 11.7. The van der Waals surface area contributed by atoms with Crippen LogP contribution in [0.15, 0.2) is 16.1 Å². The second-order valence-corrected chi connectivity index (χ2v) is 6.35. The molecule has 1 fully saturated rings. The summed E-state index contributed by atoms with van der Waals surface area (Å²) in [7, 11) is -3.63. The fourth-order valence-corrected chi connectivity index (χ4v) is 3.32. The molecule has 0 aromatic heterocycles. The second kappa shape index (κ2) is 5.19. The van der Waals surface area contributed by atoms with E-state index >= 15 is 0 Å². The van der Waals surface area contributed by atoms with Gasteiger partial charge in [0.15, 0.2) is 10.7 Å². The average Bonchev–Trinajstić information content (AvgIpc) is 2.50. The summed E-state index contributed by atoms with van der Waals surface area (Å²) < 4.78 is 23.5. The van der Waals surface area contributed by atoms with Gasteiger partial charge in [-0.2, -0.15) is 0 Å². The van der Waals surface area contributed by atoms with Crippen LogP contribution in [0.3, 0.4) is 0 Å². The molecule has 2 rings (SSSR count). The van der Waals surface area contributed by atoms with E-state index in [1.807, 2.05) is 4.90 Å². The van der Waals surface area contributed by atoms with E-state index in [1.54, 1.807) is 0 Å². The normalized spacial score (nSPS) is 24.2. The molecule has 0 saturated carbocycles. The number of aliphatic carboxylic acids is 1. The largest absolute Gasteiger partial charge is 0.476 e. The number of sulfone groups is 1. The predicted molar refractivity (Wildman–Crippen MR) is 67.0 cm³/mol. The van der Waals surface area contributed by atoms with E-state index in [2.05, 4.69) is 4.99 Å². The van der Waals surface area contributed by atoms with E-state index in [0.29, 0.717) is 0 Å². The lowest BCUT2D eigenvalue weighted by atomic mass is 10.2. The molecule has 0 spiro atoms. The minimum absolute atomic E-state index is 0.0400. The maximum atomic E-state index is 11.7. The molecule has 0 atom stereocenters. The van der Waals surface area contributed by atoms with Gasteiger partial charge >= 0.3 is 5.97 Å². The topological polar surface area (TPSA) is 87.0 Å². The molecule has 2 aliphatic rings. The van der Waals surface area contributed by atoms with Crippen LogP contribution < -0.4 is 0 Å². The number of nitrogens with zero attached hydrogens (tertiary/aromatic N) is 2. The van der Waals surface area contributed by atoms with Crippen molar-refractivity contribution in [2.75, 3.05) is 19.6 Å². The standard InChI is InChI=1S/C11H16N2O4S/c14-11(15)9-8-18(16,17)10(12-9)7-13-5-3-1-2-4-6-13/h8H,1-7H2,(H,14,15). The van der Waals surface area contributed by atoms with E-state index < -0.39 is 15.8 Å². The molecule has 0 aromatic carbocycles. The van der Waals surface area contributed by atoms with Crippen molar-refractivity contribution in [2.24, 2.45) is 4.99 Å². The summed E-state index contributed by atoms with van der Waals surface area (Å²) in [6, 6.07) is 0. The number of carbonyl (C=O) groups is 1. The van der Waals surface area contributed by atoms with Gasteiger partial charge in [0, 0.05) is 0 Å². The number of aliphatic imine (C=N–C) groups is 1. The van der Waals surface area contributed by atoms with Gasteiger partial charge in [-0.15, -0.1) is 0 Å². The summed E-state index contributed by atoms with van der Waals surface area (Å²) in [4.78, 5) is 16.5. The van der Waals surface area contributed by atoms with Crippen molar-refractivity contribution < 1.29 is 18.3 Å². The lowest BCUT2D eigenvalue weighted by molar-refractivity contribution is -0.132. The van der Waals surface area contributed by atoms with Gasteiger partial charge in [0.25, 0.3) is 0 Å². The molecule has 0 aliphatic carbocycles. The van der Waals surface area contributed by atoms with Crippen molar-refractivity contribution >= 4 is 20.9 Å². The maximum Gasteiger partial charge on any atom is 0.355 e. The number of rotatable bonds is 3. The molecular formula is C11H16N2O4S. The average molecular weight is 272 g/mol. The second-order valence-electron chi connectivity index (χ2n) is 4.55. The van der Waals surface area contributed by atoms with Crippen LogP contribution in [-0.2, 0) is 14.6 Å². The summed E-state index contributed by atoms with van der Waals surface area (Å²) >= 11 is 0. The highest BCUT2D eigenvalue weighted by molar-refractivity contribution is 8.09. The summed E-state index contributed by atoms with van der Waals surface area (Å²) in [5.74, 6) is -1.30. The van der Waals surface area contributed by atoms with Gasteiger partial charge in [0.2, 0.25) is 9.84 Å². The summed E-state index contributed by atoms with van der Waals surface area (Å²) in [5, 5.41) is 9.46. The molecule has 2 heterocycles. The first-order chi connectivity index (χ1) is 8.49. The number of carboxylic acids is 1. The van der Waals surface area contributed by atoms with Crippen LogP contribution in [0, 0.1) is 0 Å². The molecule has 100 valence electrons. The van der Waals surface area contributed by atoms with Crippen LogP contribution in [0.2, 0.25) is 0 Å². The molecule has 7 heteroatoms. The Morgan fingerprint density at radius 1 is 1.28 bits per heavy atom. The van der Waals surface area contributed by atoms with Crippen LogP contribution in [0.1, 0.15) is 25.7 Å². The summed E-state index contributed by atoms with van der Waals surface area (Å²) in [6.45, 7) is 1.91. The third-order valence-electron chi connectivity index (χ3n) is 3.12. The first kappa shape index (κ1) is 13.2. The van der Waals surface area contributed by atoms with Crippen LogP contribution in [-0.4, -0.2) is 49.1 Å². The van der Waals surface area contributed by atoms with Crippen LogP contribution >= 0.6 is 0 Å². The van der Waals surface area contributed by atoms with Gasteiger partial charge in [-0.3, -0.25) is 4.90 Å². The Morgan fingerprint density at radius 3 is 2.39 bits per heavy atom. The highest BCUT2D eigenvalue weighted by Gasteiger charge is 2.29. The van der Waals surface area contributed by atoms with Gasteiger partial charge < -0.3 is 5.11 Å². The van der Waals surface area contributed by atoms with Crippen LogP contribution in [0.25, 0.3) is 0 Å². The van der Waals surface area contributed by atoms with Crippen molar-refractivity contribution in [3.05, 3.63) is 11.1 Å². The molecule has 0 unspecified atom stereocenters. The minimum atomic E-state index is -3.63. The Balaban J connectivity index is 2.10. The lowest BCUT2D eigenvalue weighted by Crippen LogP contribution is -2.32. The van der Waals surface area contributed by atoms with Crippen molar-refractivity contribution in [1.82, 2.24) is 4.90 Å². The first-order valence-electron chi connectivity index (χ1n) is 5.99. The first-order valence-corrected chi connectivity index (χ1v) is 7.54. The smallest absolute Gasteiger partial charge is 0.355 e.